The number of amides is 1. The third-order valence-corrected chi connectivity index (χ3v) is 6.73. The Morgan fingerprint density at radius 3 is 2.42 bits per heavy atom. The Balaban J connectivity index is 1.33. The lowest BCUT2D eigenvalue weighted by molar-refractivity contribution is 0.0619. The molecule has 6 heteroatoms. The van der Waals surface area contributed by atoms with Crippen LogP contribution < -0.4 is 0 Å². The first-order valence-corrected chi connectivity index (χ1v) is 11.4. The summed E-state index contributed by atoms with van der Waals surface area (Å²) in [6.07, 6.45) is 0. The van der Waals surface area contributed by atoms with Gasteiger partial charge < -0.3 is 9.47 Å². The molecule has 1 fully saturated rings. The largest absolute Gasteiger partial charge is 0.335 e. The summed E-state index contributed by atoms with van der Waals surface area (Å²) in [5, 5.41) is 2.03. The molecular formula is C25H24FN3OS. The molecular weight excluding hydrogens is 409 g/mol. The van der Waals surface area contributed by atoms with Crippen molar-refractivity contribution in [1.82, 2.24) is 14.4 Å². The van der Waals surface area contributed by atoms with Gasteiger partial charge in [-0.15, -0.1) is 11.3 Å². The summed E-state index contributed by atoms with van der Waals surface area (Å²) in [4.78, 5) is 17.8. The second-order valence-electron chi connectivity index (χ2n) is 7.97. The fourth-order valence-corrected chi connectivity index (χ4v) is 5.08. The Morgan fingerprint density at radius 1 is 0.871 bits per heavy atom. The average molecular weight is 434 g/mol. The molecule has 0 unspecified atom stereocenters. The molecule has 5 rings (SSSR count). The van der Waals surface area contributed by atoms with E-state index in [-0.39, 0.29) is 11.7 Å². The van der Waals surface area contributed by atoms with Gasteiger partial charge in [0.25, 0.3) is 5.91 Å². The number of thiophene rings is 1. The van der Waals surface area contributed by atoms with E-state index in [9.17, 15) is 9.18 Å². The van der Waals surface area contributed by atoms with E-state index < -0.39 is 0 Å². The van der Waals surface area contributed by atoms with E-state index in [2.05, 4.69) is 29.2 Å². The fraction of sp³-hybridized carbons (Fsp3) is 0.240. The van der Waals surface area contributed by atoms with E-state index in [1.165, 1.54) is 17.7 Å². The number of hydrogen-bond acceptors (Lipinski definition) is 3. The molecule has 0 bridgehead atoms. The highest BCUT2D eigenvalue weighted by molar-refractivity contribution is 7.17. The molecule has 158 valence electrons. The zero-order valence-corrected chi connectivity index (χ0v) is 18.0. The van der Waals surface area contributed by atoms with Gasteiger partial charge in [0.1, 0.15) is 11.5 Å². The molecule has 4 nitrogen and oxygen atoms in total. The SMILES string of the molecule is O=C(c1cc2sccc2n1Cc1cccc(F)c1)N1CCN(Cc2ccccc2)CC1. The maximum atomic E-state index is 13.7. The Kier molecular flexibility index (Phi) is 5.57. The number of benzene rings is 2. The number of aromatic nitrogens is 1. The lowest BCUT2D eigenvalue weighted by atomic mass is 10.2. The highest BCUT2D eigenvalue weighted by atomic mass is 32.1. The number of fused-ring (bicyclic) bond motifs is 1. The maximum Gasteiger partial charge on any atom is 0.270 e. The summed E-state index contributed by atoms with van der Waals surface area (Å²) in [6.45, 7) is 4.54. The Morgan fingerprint density at radius 2 is 1.65 bits per heavy atom. The van der Waals surface area contributed by atoms with Crippen molar-refractivity contribution < 1.29 is 9.18 Å². The van der Waals surface area contributed by atoms with Crippen LogP contribution in [-0.4, -0.2) is 46.5 Å². The molecule has 1 amide bonds. The van der Waals surface area contributed by atoms with E-state index in [0.717, 1.165) is 35.4 Å². The highest BCUT2D eigenvalue weighted by Gasteiger charge is 2.25. The van der Waals surface area contributed by atoms with Gasteiger partial charge in [0.2, 0.25) is 0 Å². The van der Waals surface area contributed by atoms with E-state index >= 15 is 0 Å². The third-order valence-electron chi connectivity index (χ3n) is 5.88. The van der Waals surface area contributed by atoms with E-state index in [0.29, 0.717) is 25.3 Å². The highest BCUT2D eigenvalue weighted by Crippen LogP contribution is 2.27. The molecule has 0 atom stereocenters. The molecule has 3 heterocycles. The van der Waals surface area contributed by atoms with Crippen molar-refractivity contribution in [2.75, 3.05) is 26.2 Å². The van der Waals surface area contributed by atoms with Gasteiger partial charge in [-0.3, -0.25) is 9.69 Å². The number of carbonyl (C=O) groups is 1. The minimum Gasteiger partial charge on any atom is -0.335 e. The molecule has 0 aliphatic carbocycles. The third kappa shape index (κ3) is 4.27. The molecule has 0 saturated carbocycles. The van der Waals surface area contributed by atoms with Crippen molar-refractivity contribution in [1.29, 1.82) is 0 Å². The lowest BCUT2D eigenvalue weighted by Gasteiger charge is -2.35. The number of carbonyl (C=O) groups excluding carboxylic acids is 1. The van der Waals surface area contributed by atoms with Crippen LogP contribution in [0.3, 0.4) is 0 Å². The quantitative estimate of drug-likeness (QED) is 0.450. The molecule has 0 spiro atoms. The van der Waals surface area contributed by atoms with Crippen molar-refractivity contribution in [2.45, 2.75) is 13.1 Å². The minimum absolute atomic E-state index is 0.0548. The molecule has 2 aromatic carbocycles. The molecule has 1 saturated heterocycles. The van der Waals surface area contributed by atoms with Gasteiger partial charge in [0.05, 0.1) is 10.2 Å². The Labute approximate surface area is 185 Å². The van der Waals surface area contributed by atoms with Crippen LogP contribution in [0.25, 0.3) is 10.2 Å². The molecule has 0 N–H and O–H groups in total. The zero-order chi connectivity index (χ0) is 21.2. The average Bonchev–Trinajstić information content (AvgIpc) is 3.37. The van der Waals surface area contributed by atoms with Gasteiger partial charge in [-0.1, -0.05) is 42.5 Å². The summed E-state index contributed by atoms with van der Waals surface area (Å²) >= 11 is 1.63. The predicted molar refractivity (Wildman–Crippen MR) is 123 cm³/mol. The first-order valence-electron chi connectivity index (χ1n) is 10.5. The second kappa shape index (κ2) is 8.65. The second-order valence-corrected chi connectivity index (χ2v) is 8.92. The number of hydrogen-bond donors (Lipinski definition) is 0. The molecule has 1 aliphatic heterocycles. The van der Waals surface area contributed by atoms with E-state index in [1.807, 2.05) is 39.1 Å². The molecule has 31 heavy (non-hydrogen) atoms. The van der Waals surface area contributed by atoms with Crippen molar-refractivity contribution >= 4 is 27.5 Å². The summed E-state index contributed by atoms with van der Waals surface area (Å²) in [6, 6.07) is 21.1. The maximum absolute atomic E-state index is 13.7. The Bertz CT molecular complexity index is 1190. The standard InChI is InChI=1S/C25H24FN3OS/c26-21-8-4-7-20(15-21)18-29-22-9-14-31-24(22)16-23(29)25(30)28-12-10-27(11-13-28)17-19-5-2-1-3-6-19/h1-9,14-16H,10-13,17-18H2. The predicted octanol–water partition coefficient (Wildman–Crippen LogP) is 4.85. The van der Waals surface area contributed by atoms with Gasteiger partial charge in [-0.2, -0.15) is 0 Å². The monoisotopic (exact) mass is 433 g/mol. The first kappa shape index (κ1) is 20.0. The minimum atomic E-state index is -0.256. The van der Waals surface area contributed by atoms with Crippen molar-refractivity contribution in [2.24, 2.45) is 0 Å². The number of rotatable bonds is 5. The van der Waals surface area contributed by atoms with Gasteiger partial charge in [-0.05, 0) is 40.8 Å². The van der Waals surface area contributed by atoms with Crippen LogP contribution >= 0.6 is 11.3 Å². The normalized spacial score (nSPS) is 14.9. The smallest absolute Gasteiger partial charge is 0.270 e. The van der Waals surface area contributed by atoms with Crippen LogP contribution in [0.4, 0.5) is 4.39 Å². The number of piperazine rings is 1. The first-order chi connectivity index (χ1) is 15.2. The van der Waals surface area contributed by atoms with Crippen LogP contribution in [0.1, 0.15) is 21.6 Å². The molecule has 2 aromatic heterocycles. The summed E-state index contributed by atoms with van der Waals surface area (Å²) in [5.41, 5.74) is 3.86. The van der Waals surface area contributed by atoms with Crippen molar-refractivity contribution in [3.8, 4) is 0 Å². The van der Waals surface area contributed by atoms with Crippen LogP contribution in [0.15, 0.2) is 72.1 Å². The topological polar surface area (TPSA) is 28.5 Å². The molecule has 4 aromatic rings. The summed E-state index contributed by atoms with van der Waals surface area (Å²) < 4.78 is 16.8. The van der Waals surface area contributed by atoms with Crippen LogP contribution in [0.5, 0.6) is 0 Å². The van der Waals surface area contributed by atoms with Crippen LogP contribution in [0.2, 0.25) is 0 Å². The number of nitrogens with zero attached hydrogens (tertiary/aromatic N) is 3. The molecule has 1 aliphatic rings. The van der Waals surface area contributed by atoms with E-state index in [1.54, 1.807) is 17.4 Å². The summed E-state index contributed by atoms with van der Waals surface area (Å²) in [5.74, 6) is -0.201. The van der Waals surface area contributed by atoms with Gasteiger partial charge in [0, 0.05) is 39.3 Å². The van der Waals surface area contributed by atoms with Crippen LogP contribution in [-0.2, 0) is 13.1 Å². The fourth-order valence-electron chi connectivity index (χ4n) is 4.26. The van der Waals surface area contributed by atoms with Gasteiger partial charge >= 0.3 is 0 Å². The molecule has 0 radical (unpaired) electrons. The number of halogens is 1. The van der Waals surface area contributed by atoms with E-state index in [4.69, 9.17) is 0 Å². The summed E-state index contributed by atoms with van der Waals surface area (Å²) in [7, 11) is 0. The zero-order valence-electron chi connectivity index (χ0n) is 17.2. The van der Waals surface area contributed by atoms with Gasteiger partial charge in [0.15, 0.2) is 0 Å². The van der Waals surface area contributed by atoms with Gasteiger partial charge in [-0.25, -0.2) is 4.39 Å². The van der Waals surface area contributed by atoms with Crippen LogP contribution in [0, 0.1) is 5.82 Å². The van der Waals surface area contributed by atoms with Crippen molar-refractivity contribution in [3.05, 3.63) is 94.7 Å². The van der Waals surface area contributed by atoms with Crippen molar-refractivity contribution in [3.63, 3.8) is 0 Å². The lowest BCUT2D eigenvalue weighted by Crippen LogP contribution is -2.48. The Hall–Kier alpha value is -2.96.